The molecule has 0 unspecified atom stereocenters. The average molecular weight is 540 g/mol. The van der Waals surface area contributed by atoms with Crippen molar-refractivity contribution in [3.63, 3.8) is 0 Å². The summed E-state index contributed by atoms with van der Waals surface area (Å²) in [5, 5.41) is 0. The monoisotopic (exact) mass is 539 g/mol. The fraction of sp³-hybridized carbons (Fsp3) is 0.286. The number of amides is 1. The number of aliphatic imine (C=N–C) groups is 1. The van der Waals surface area contributed by atoms with Crippen molar-refractivity contribution in [2.45, 2.75) is 12.6 Å². The summed E-state index contributed by atoms with van der Waals surface area (Å²) in [6, 6.07) is 13.6. The molecule has 0 bridgehead atoms. The van der Waals surface area contributed by atoms with E-state index in [4.69, 9.17) is 23.9 Å². The minimum atomic E-state index is -4.52. The summed E-state index contributed by atoms with van der Waals surface area (Å²) in [6.45, 7) is 1.97. The van der Waals surface area contributed by atoms with Gasteiger partial charge in [-0.25, -0.2) is 4.99 Å². The largest absolute Gasteiger partial charge is 0.497 e. The molecule has 202 valence electrons. The van der Waals surface area contributed by atoms with E-state index >= 15 is 0 Å². The summed E-state index contributed by atoms with van der Waals surface area (Å²) < 4.78 is 62.6. The Balaban J connectivity index is 1.32. The third-order valence-electron chi connectivity index (χ3n) is 6.86. The van der Waals surface area contributed by atoms with Gasteiger partial charge in [-0.2, -0.15) is 13.2 Å². The number of benzene rings is 3. The van der Waals surface area contributed by atoms with Crippen LogP contribution in [0.25, 0.3) is 0 Å². The number of ether oxygens (including phenoxy) is 4. The first-order chi connectivity index (χ1) is 18.8. The molecule has 0 aliphatic carbocycles. The lowest BCUT2D eigenvalue weighted by atomic mass is 10.1. The van der Waals surface area contributed by atoms with Crippen molar-refractivity contribution in [1.82, 2.24) is 9.80 Å². The van der Waals surface area contributed by atoms with Crippen molar-refractivity contribution < 1.29 is 36.9 Å². The molecular formula is C28H24F3N3O5. The number of methoxy groups -OCH3 is 1. The Labute approximate surface area is 222 Å². The zero-order valence-corrected chi connectivity index (χ0v) is 21.0. The van der Waals surface area contributed by atoms with E-state index in [-0.39, 0.29) is 24.1 Å². The molecule has 1 fully saturated rings. The Morgan fingerprint density at radius 1 is 0.897 bits per heavy atom. The molecule has 0 spiro atoms. The van der Waals surface area contributed by atoms with Gasteiger partial charge in [0.05, 0.1) is 18.2 Å². The van der Waals surface area contributed by atoms with Crippen molar-refractivity contribution in [3.8, 4) is 28.7 Å². The predicted molar refractivity (Wildman–Crippen MR) is 135 cm³/mol. The molecule has 0 aromatic heterocycles. The summed E-state index contributed by atoms with van der Waals surface area (Å²) in [7, 11) is 1.53. The minimum Gasteiger partial charge on any atom is -0.497 e. The molecule has 3 aromatic carbocycles. The summed E-state index contributed by atoms with van der Waals surface area (Å²) in [5.74, 6) is 2.69. The molecule has 3 aliphatic heterocycles. The summed E-state index contributed by atoms with van der Waals surface area (Å²) >= 11 is 0. The van der Waals surface area contributed by atoms with Gasteiger partial charge in [0.15, 0.2) is 17.2 Å². The number of hydrogen-bond acceptors (Lipinski definition) is 7. The number of carbonyl (C=O) groups is 1. The zero-order valence-electron chi connectivity index (χ0n) is 21.0. The first kappa shape index (κ1) is 24.9. The normalized spacial score (nSPS) is 16.4. The molecule has 3 aromatic rings. The van der Waals surface area contributed by atoms with Crippen molar-refractivity contribution >= 4 is 17.4 Å². The van der Waals surface area contributed by atoms with Crippen LogP contribution in [0.15, 0.2) is 59.6 Å². The second-order valence-corrected chi connectivity index (χ2v) is 9.28. The van der Waals surface area contributed by atoms with Gasteiger partial charge in [-0.3, -0.25) is 4.79 Å². The molecule has 0 atom stereocenters. The topological polar surface area (TPSA) is 72.8 Å². The van der Waals surface area contributed by atoms with Crippen LogP contribution in [0.2, 0.25) is 0 Å². The number of hydrogen-bond donors (Lipinski definition) is 0. The maximum absolute atomic E-state index is 13.5. The highest BCUT2D eigenvalue weighted by Crippen LogP contribution is 2.42. The van der Waals surface area contributed by atoms with Gasteiger partial charge in [0.25, 0.3) is 5.91 Å². The van der Waals surface area contributed by atoms with Crippen LogP contribution in [-0.2, 0) is 6.18 Å². The van der Waals surface area contributed by atoms with E-state index in [1.54, 1.807) is 41.3 Å². The lowest BCUT2D eigenvalue weighted by molar-refractivity contribution is -0.137. The summed E-state index contributed by atoms with van der Waals surface area (Å²) in [5.41, 5.74) is 0.353. The number of carbonyl (C=O) groups excluding carboxylic acids is 1. The van der Waals surface area contributed by atoms with E-state index in [1.165, 1.54) is 13.2 Å². The van der Waals surface area contributed by atoms with Crippen LogP contribution in [0.5, 0.6) is 28.7 Å². The maximum atomic E-state index is 13.5. The van der Waals surface area contributed by atoms with E-state index in [1.807, 2.05) is 4.90 Å². The molecule has 8 nitrogen and oxygen atoms in total. The van der Waals surface area contributed by atoms with Gasteiger partial charge in [-0.15, -0.1) is 0 Å². The summed E-state index contributed by atoms with van der Waals surface area (Å²) in [4.78, 5) is 21.7. The Morgan fingerprint density at radius 2 is 1.69 bits per heavy atom. The van der Waals surface area contributed by atoms with Gasteiger partial charge in [-0.1, -0.05) is 0 Å². The SMILES string of the molecule is COc1ccc2c(c1)C(N1CCCN(C(=O)c3ccc4c(c3)OCO4)CC1)=Nc1cc(C(F)(F)F)ccc1O2. The van der Waals surface area contributed by atoms with Crippen molar-refractivity contribution in [3.05, 3.63) is 71.3 Å². The fourth-order valence-corrected chi connectivity index (χ4v) is 4.85. The molecule has 1 saturated heterocycles. The molecule has 0 saturated carbocycles. The second kappa shape index (κ2) is 9.72. The number of rotatable bonds is 2. The van der Waals surface area contributed by atoms with Gasteiger partial charge in [0.1, 0.15) is 23.0 Å². The molecule has 0 radical (unpaired) electrons. The Morgan fingerprint density at radius 3 is 2.51 bits per heavy atom. The number of fused-ring (bicyclic) bond motifs is 3. The van der Waals surface area contributed by atoms with Crippen LogP contribution in [0, 0.1) is 0 Å². The van der Waals surface area contributed by atoms with E-state index < -0.39 is 11.7 Å². The minimum absolute atomic E-state index is 0.0764. The van der Waals surface area contributed by atoms with Gasteiger partial charge in [-0.05, 0) is 61.0 Å². The highest BCUT2D eigenvalue weighted by Gasteiger charge is 2.33. The Kier molecular flexibility index (Phi) is 6.20. The van der Waals surface area contributed by atoms with Crippen LogP contribution in [0.3, 0.4) is 0 Å². The third kappa shape index (κ3) is 4.80. The van der Waals surface area contributed by atoms with Crippen LogP contribution >= 0.6 is 0 Å². The number of amidine groups is 1. The predicted octanol–water partition coefficient (Wildman–Crippen LogP) is 5.47. The lowest BCUT2D eigenvalue weighted by Gasteiger charge is -2.25. The number of nitrogens with zero attached hydrogens (tertiary/aromatic N) is 3. The van der Waals surface area contributed by atoms with Gasteiger partial charge in [0.2, 0.25) is 6.79 Å². The average Bonchev–Trinajstić information content (AvgIpc) is 3.17. The lowest BCUT2D eigenvalue weighted by Crippen LogP contribution is -2.37. The third-order valence-corrected chi connectivity index (χ3v) is 6.86. The maximum Gasteiger partial charge on any atom is 0.416 e. The number of alkyl halides is 3. The van der Waals surface area contributed by atoms with E-state index in [2.05, 4.69) is 0 Å². The molecule has 6 rings (SSSR count). The molecule has 3 heterocycles. The van der Waals surface area contributed by atoms with E-state index in [0.717, 1.165) is 12.1 Å². The van der Waals surface area contributed by atoms with Gasteiger partial charge < -0.3 is 28.7 Å². The molecule has 0 N–H and O–H groups in total. The van der Waals surface area contributed by atoms with Crippen LogP contribution in [-0.4, -0.2) is 61.6 Å². The van der Waals surface area contributed by atoms with Crippen LogP contribution in [0.4, 0.5) is 18.9 Å². The summed E-state index contributed by atoms with van der Waals surface area (Å²) in [6.07, 6.45) is -3.89. The van der Waals surface area contributed by atoms with Crippen molar-refractivity contribution in [2.75, 3.05) is 40.1 Å². The van der Waals surface area contributed by atoms with E-state index in [9.17, 15) is 18.0 Å². The molecule has 1 amide bonds. The highest BCUT2D eigenvalue weighted by molar-refractivity contribution is 6.04. The number of halogens is 3. The molecule has 3 aliphatic rings. The standard InChI is InChI=1S/C28H24F3N3O5/c1-36-19-5-8-22-20(15-19)26(32-21-14-18(28(29,30)31)4-7-23(21)39-22)33-9-2-10-34(12-11-33)27(35)17-3-6-24-25(13-17)38-16-37-24/h3-8,13-15H,2,9-12,16H2,1H3. The molecule has 39 heavy (non-hydrogen) atoms. The highest BCUT2D eigenvalue weighted by atomic mass is 19.4. The molecular weight excluding hydrogens is 515 g/mol. The first-order valence-electron chi connectivity index (χ1n) is 12.4. The van der Waals surface area contributed by atoms with Crippen LogP contribution in [0.1, 0.15) is 27.9 Å². The first-order valence-corrected chi connectivity index (χ1v) is 12.4. The van der Waals surface area contributed by atoms with Gasteiger partial charge in [0, 0.05) is 31.7 Å². The van der Waals surface area contributed by atoms with Crippen LogP contribution < -0.4 is 18.9 Å². The van der Waals surface area contributed by atoms with Crippen molar-refractivity contribution in [1.29, 1.82) is 0 Å². The molecule has 11 heteroatoms. The second-order valence-electron chi connectivity index (χ2n) is 9.28. The Bertz CT molecular complexity index is 1470. The van der Waals surface area contributed by atoms with Gasteiger partial charge >= 0.3 is 6.18 Å². The Hall–Kier alpha value is -4.41. The van der Waals surface area contributed by atoms with Crippen molar-refractivity contribution in [2.24, 2.45) is 4.99 Å². The smallest absolute Gasteiger partial charge is 0.416 e. The zero-order chi connectivity index (χ0) is 27.1. The quantitative estimate of drug-likeness (QED) is 0.430. The van der Waals surface area contributed by atoms with E-state index in [0.29, 0.717) is 72.6 Å². The fourth-order valence-electron chi connectivity index (χ4n) is 4.85.